The van der Waals surface area contributed by atoms with Gasteiger partial charge in [0.15, 0.2) is 0 Å². The van der Waals surface area contributed by atoms with Crippen LogP contribution in [0.2, 0.25) is 0 Å². The number of anilines is 2. The van der Waals surface area contributed by atoms with Crippen molar-refractivity contribution in [1.82, 2.24) is 0 Å². The van der Waals surface area contributed by atoms with E-state index in [1.807, 2.05) is 0 Å². The first-order chi connectivity index (χ1) is 13.6. The molecule has 0 atom stereocenters. The van der Waals surface area contributed by atoms with Crippen molar-refractivity contribution >= 4 is 44.6 Å². The van der Waals surface area contributed by atoms with Gasteiger partial charge in [0.05, 0.1) is 11.5 Å². The maximum atomic E-state index is 14.3. The fourth-order valence-corrected chi connectivity index (χ4v) is 4.20. The number of thiophene rings is 1. The number of methoxy groups -OCH3 is 1. The van der Waals surface area contributed by atoms with Gasteiger partial charge in [0.25, 0.3) is 5.91 Å². The van der Waals surface area contributed by atoms with Crippen LogP contribution in [0.1, 0.15) is 28.1 Å². The van der Waals surface area contributed by atoms with E-state index in [1.54, 1.807) is 36.4 Å². The highest BCUT2D eigenvalue weighted by atomic mass is 32.1. The van der Waals surface area contributed by atoms with Crippen LogP contribution in [0.25, 0.3) is 10.1 Å². The summed E-state index contributed by atoms with van der Waals surface area (Å²) in [6.45, 7) is 0.140. The van der Waals surface area contributed by atoms with Crippen LogP contribution in [-0.4, -0.2) is 18.9 Å². The summed E-state index contributed by atoms with van der Waals surface area (Å²) in [7, 11) is 1.51. The van der Waals surface area contributed by atoms with E-state index < -0.39 is 0 Å². The summed E-state index contributed by atoms with van der Waals surface area (Å²) >= 11 is 1.23. The highest BCUT2D eigenvalue weighted by molar-refractivity contribution is 7.21. The minimum Gasteiger partial charge on any atom is -0.380 e. The summed E-state index contributed by atoms with van der Waals surface area (Å²) in [4.78, 5) is 25.2. The molecule has 1 saturated carbocycles. The van der Waals surface area contributed by atoms with Crippen molar-refractivity contribution in [2.45, 2.75) is 19.4 Å². The van der Waals surface area contributed by atoms with Crippen LogP contribution in [-0.2, 0) is 16.1 Å². The fraction of sp³-hybridized carbons (Fsp3) is 0.238. The van der Waals surface area contributed by atoms with E-state index in [9.17, 15) is 14.0 Å². The summed E-state index contributed by atoms with van der Waals surface area (Å²) in [6.07, 6.45) is 1.85. The van der Waals surface area contributed by atoms with Gasteiger partial charge in [-0.25, -0.2) is 4.39 Å². The average Bonchev–Trinajstić information content (AvgIpc) is 3.45. The molecule has 1 aliphatic rings. The van der Waals surface area contributed by atoms with Gasteiger partial charge < -0.3 is 15.4 Å². The molecule has 4 rings (SSSR count). The quantitative estimate of drug-likeness (QED) is 0.627. The Bertz CT molecular complexity index is 1060. The zero-order valence-electron chi connectivity index (χ0n) is 15.3. The maximum absolute atomic E-state index is 14.3. The van der Waals surface area contributed by atoms with Crippen molar-refractivity contribution in [2.75, 3.05) is 17.7 Å². The van der Waals surface area contributed by atoms with Gasteiger partial charge in [-0.2, -0.15) is 0 Å². The molecule has 28 heavy (non-hydrogen) atoms. The van der Waals surface area contributed by atoms with Crippen LogP contribution < -0.4 is 10.6 Å². The predicted molar refractivity (Wildman–Crippen MR) is 108 cm³/mol. The summed E-state index contributed by atoms with van der Waals surface area (Å²) in [6, 6.07) is 11.8. The number of benzene rings is 2. The van der Waals surface area contributed by atoms with Crippen molar-refractivity contribution in [3.63, 3.8) is 0 Å². The van der Waals surface area contributed by atoms with E-state index in [-0.39, 0.29) is 30.2 Å². The SMILES string of the molecule is COCc1c(C(=O)Nc2cccc(NC(=O)C3CC3)c2)sc2cccc(F)c12. The number of rotatable bonds is 6. The molecule has 1 heterocycles. The molecule has 2 amide bonds. The van der Waals surface area contributed by atoms with Crippen molar-refractivity contribution < 1.29 is 18.7 Å². The van der Waals surface area contributed by atoms with Gasteiger partial charge in [-0.05, 0) is 43.2 Å². The van der Waals surface area contributed by atoms with Crippen LogP contribution in [0.3, 0.4) is 0 Å². The smallest absolute Gasteiger partial charge is 0.266 e. The van der Waals surface area contributed by atoms with Gasteiger partial charge >= 0.3 is 0 Å². The summed E-state index contributed by atoms with van der Waals surface area (Å²) in [5, 5.41) is 6.12. The second-order valence-electron chi connectivity index (χ2n) is 6.75. The lowest BCUT2D eigenvalue weighted by molar-refractivity contribution is -0.117. The first-order valence-corrected chi connectivity index (χ1v) is 9.79. The molecule has 1 fully saturated rings. The topological polar surface area (TPSA) is 67.4 Å². The number of carbonyl (C=O) groups excluding carboxylic acids is 2. The van der Waals surface area contributed by atoms with Crippen LogP contribution in [0, 0.1) is 11.7 Å². The Morgan fingerprint density at radius 3 is 2.57 bits per heavy atom. The van der Waals surface area contributed by atoms with Crippen molar-refractivity contribution in [3.8, 4) is 0 Å². The molecule has 3 aromatic rings. The molecule has 1 aliphatic carbocycles. The molecular formula is C21H19FN2O3S. The Morgan fingerprint density at radius 1 is 1.14 bits per heavy atom. The standard InChI is InChI=1S/C21H19FN2O3S/c1-27-11-15-18-16(22)6-3-7-17(18)28-19(15)21(26)24-14-5-2-4-13(10-14)23-20(25)12-8-9-12/h2-7,10,12H,8-9,11H2,1H3,(H,23,25)(H,24,26). The predicted octanol–water partition coefficient (Wildman–Crippen LogP) is 4.79. The van der Waals surface area contributed by atoms with Gasteiger partial charge in [0, 0.05) is 40.1 Å². The Balaban J connectivity index is 1.59. The molecule has 5 nitrogen and oxygen atoms in total. The highest BCUT2D eigenvalue weighted by Crippen LogP contribution is 2.34. The molecule has 2 aromatic carbocycles. The van der Waals surface area contributed by atoms with Crippen LogP contribution in [0.15, 0.2) is 42.5 Å². The number of nitrogens with one attached hydrogen (secondary N) is 2. The highest BCUT2D eigenvalue weighted by Gasteiger charge is 2.29. The van der Waals surface area contributed by atoms with Crippen LogP contribution in [0.4, 0.5) is 15.8 Å². The maximum Gasteiger partial charge on any atom is 0.266 e. The Morgan fingerprint density at radius 2 is 1.86 bits per heavy atom. The minimum atomic E-state index is -0.371. The van der Waals surface area contributed by atoms with Gasteiger partial charge in [-0.15, -0.1) is 11.3 Å². The number of carbonyl (C=O) groups is 2. The average molecular weight is 398 g/mol. The largest absolute Gasteiger partial charge is 0.380 e. The number of hydrogen-bond acceptors (Lipinski definition) is 4. The summed E-state index contributed by atoms with van der Waals surface area (Å²) in [5.74, 6) is -0.600. The molecule has 2 N–H and O–H groups in total. The lowest BCUT2D eigenvalue weighted by Gasteiger charge is -2.09. The monoisotopic (exact) mass is 398 g/mol. The molecule has 0 bridgehead atoms. The van der Waals surface area contributed by atoms with Crippen LogP contribution >= 0.6 is 11.3 Å². The van der Waals surface area contributed by atoms with Gasteiger partial charge in [-0.1, -0.05) is 12.1 Å². The van der Waals surface area contributed by atoms with E-state index in [4.69, 9.17) is 4.74 Å². The molecule has 0 saturated heterocycles. The number of fused-ring (bicyclic) bond motifs is 1. The van der Waals surface area contributed by atoms with Gasteiger partial charge in [-0.3, -0.25) is 9.59 Å². The number of ether oxygens (including phenoxy) is 1. The number of halogens is 1. The zero-order chi connectivity index (χ0) is 19.7. The molecule has 0 radical (unpaired) electrons. The van der Waals surface area contributed by atoms with E-state index >= 15 is 0 Å². The molecule has 1 aromatic heterocycles. The van der Waals surface area contributed by atoms with Crippen LogP contribution in [0.5, 0.6) is 0 Å². The molecular weight excluding hydrogens is 379 g/mol. The van der Waals surface area contributed by atoms with Crippen molar-refractivity contribution in [2.24, 2.45) is 5.92 Å². The Labute approximate surface area is 165 Å². The van der Waals surface area contributed by atoms with E-state index in [0.29, 0.717) is 31.9 Å². The molecule has 0 aliphatic heterocycles. The normalized spacial score (nSPS) is 13.5. The third kappa shape index (κ3) is 3.76. The lowest BCUT2D eigenvalue weighted by atomic mass is 10.1. The lowest BCUT2D eigenvalue weighted by Crippen LogP contribution is -2.15. The van der Waals surface area contributed by atoms with Gasteiger partial charge in [0.2, 0.25) is 5.91 Å². The second kappa shape index (κ2) is 7.69. The number of amides is 2. The van der Waals surface area contributed by atoms with E-state index in [0.717, 1.165) is 12.8 Å². The number of hydrogen-bond donors (Lipinski definition) is 2. The summed E-state index contributed by atoms with van der Waals surface area (Å²) < 4.78 is 20.2. The fourth-order valence-electron chi connectivity index (χ4n) is 3.09. The first kappa shape index (κ1) is 18.6. The molecule has 144 valence electrons. The summed E-state index contributed by atoms with van der Waals surface area (Å²) in [5.41, 5.74) is 1.73. The third-order valence-electron chi connectivity index (χ3n) is 4.59. The minimum absolute atomic E-state index is 0.00541. The second-order valence-corrected chi connectivity index (χ2v) is 7.81. The van der Waals surface area contributed by atoms with Gasteiger partial charge in [0.1, 0.15) is 5.82 Å². The molecule has 0 unspecified atom stereocenters. The van der Waals surface area contributed by atoms with E-state index in [1.165, 1.54) is 24.5 Å². The third-order valence-corrected chi connectivity index (χ3v) is 5.79. The zero-order valence-corrected chi connectivity index (χ0v) is 16.1. The van der Waals surface area contributed by atoms with E-state index in [2.05, 4.69) is 10.6 Å². The Hall–Kier alpha value is -2.77. The Kier molecular flexibility index (Phi) is 5.11. The molecule has 7 heteroatoms. The van der Waals surface area contributed by atoms with Crippen molar-refractivity contribution in [1.29, 1.82) is 0 Å². The first-order valence-electron chi connectivity index (χ1n) is 8.98. The van der Waals surface area contributed by atoms with Crippen molar-refractivity contribution in [3.05, 3.63) is 58.7 Å². The molecule has 0 spiro atoms.